The summed E-state index contributed by atoms with van der Waals surface area (Å²) in [6, 6.07) is 10.3. The Morgan fingerprint density at radius 3 is 2.80 bits per heavy atom. The maximum absolute atomic E-state index is 12.8. The summed E-state index contributed by atoms with van der Waals surface area (Å²) in [4.78, 5) is 28.9. The van der Waals surface area contributed by atoms with Crippen molar-refractivity contribution in [1.82, 2.24) is 9.66 Å². The van der Waals surface area contributed by atoms with Crippen molar-refractivity contribution < 1.29 is 14.3 Å². The van der Waals surface area contributed by atoms with E-state index in [9.17, 15) is 9.59 Å². The number of fused-ring (bicyclic) bond motifs is 1. The number of ether oxygens (including phenoxy) is 2. The number of nitrogens with zero attached hydrogens (tertiary/aromatic N) is 3. The van der Waals surface area contributed by atoms with Gasteiger partial charge in [0.2, 0.25) is 0 Å². The van der Waals surface area contributed by atoms with E-state index in [1.54, 1.807) is 51.1 Å². The maximum atomic E-state index is 12.8. The lowest BCUT2D eigenvalue weighted by Crippen LogP contribution is -2.26. The number of hydrogen-bond acceptors (Lipinski definition) is 6. The first-order valence-corrected chi connectivity index (χ1v) is 10.3. The molecule has 1 heterocycles. The van der Waals surface area contributed by atoms with Gasteiger partial charge in [0.15, 0.2) is 6.10 Å². The lowest BCUT2D eigenvalue weighted by atomic mass is 10.2. The molecular formula is C21H19BrClN3O4. The van der Waals surface area contributed by atoms with E-state index in [0.717, 1.165) is 4.47 Å². The Kier molecular flexibility index (Phi) is 6.89. The Labute approximate surface area is 186 Å². The molecule has 1 atom stereocenters. The number of carbonyl (C=O) groups excluding carboxylic acids is 1. The van der Waals surface area contributed by atoms with Crippen LogP contribution in [0.2, 0.25) is 5.02 Å². The lowest BCUT2D eigenvalue weighted by molar-refractivity contribution is -0.150. The molecule has 0 unspecified atom stereocenters. The average molecular weight is 493 g/mol. The van der Waals surface area contributed by atoms with Crippen LogP contribution in [-0.2, 0) is 9.53 Å². The van der Waals surface area contributed by atoms with E-state index in [4.69, 9.17) is 21.1 Å². The summed E-state index contributed by atoms with van der Waals surface area (Å²) in [5, 5.41) is 5.03. The maximum Gasteiger partial charge on any atom is 0.347 e. The van der Waals surface area contributed by atoms with Crippen LogP contribution in [0.4, 0.5) is 0 Å². The summed E-state index contributed by atoms with van der Waals surface area (Å²) < 4.78 is 12.5. The van der Waals surface area contributed by atoms with Gasteiger partial charge in [-0.05, 0) is 62.7 Å². The molecule has 0 bridgehead atoms. The molecule has 9 heteroatoms. The van der Waals surface area contributed by atoms with Gasteiger partial charge in [-0.1, -0.05) is 27.5 Å². The summed E-state index contributed by atoms with van der Waals surface area (Å²) in [5.74, 6) is 0.338. The largest absolute Gasteiger partial charge is 0.477 e. The predicted molar refractivity (Wildman–Crippen MR) is 120 cm³/mol. The van der Waals surface area contributed by atoms with E-state index in [1.807, 2.05) is 6.07 Å². The monoisotopic (exact) mass is 491 g/mol. The zero-order valence-electron chi connectivity index (χ0n) is 16.6. The van der Waals surface area contributed by atoms with Crippen LogP contribution in [0.3, 0.4) is 0 Å². The molecular weight excluding hydrogens is 474 g/mol. The first kappa shape index (κ1) is 22.0. The third-order valence-electron chi connectivity index (χ3n) is 4.17. The Morgan fingerprint density at radius 1 is 1.33 bits per heavy atom. The molecule has 0 amide bonds. The van der Waals surface area contributed by atoms with Gasteiger partial charge in [0.25, 0.3) is 5.56 Å². The minimum atomic E-state index is -0.786. The molecule has 3 rings (SSSR count). The van der Waals surface area contributed by atoms with E-state index < -0.39 is 12.1 Å². The fourth-order valence-corrected chi connectivity index (χ4v) is 3.31. The number of halogens is 2. The van der Waals surface area contributed by atoms with E-state index in [2.05, 4.69) is 26.0 Å². The third kappa shape index (κ3) is 4.88. The SMILES string of the molecule is CCOC(=O)[C@@H](C)Oc1ccc(C=Nn2c(C)nc3ccc(Br)cc3c2=O)cc1Cl. The van der Waals surface area contributed by atoms with Crippen LogP contribution in [0.1, 0.15) is 25.2 Å². The summed E-state index contributed by atoms with van der Waals surface area (Å²) in [7, 11) is 0. The van der Waals surface area contributed by atoms with Gasteiger partial charge in [-0.15, -0.1) is 0 Å². The molecule has 0 saturated carbocycles. The van der Waals surface area contributed by atoms with Crippen molar-refractivity contribution in [1.29, 1.82) is 0 Å². The average Bonchev–Trinajstić information content (AvgIpc) is 2.70. The van der Waals surface area contributed by atoms with Gasteiger partial charge >= 0.3 is 5.97 Å². The van der Waals surface area contributed by atoms with Gasteiger partial charge in [0.05, 0.1) is 28.7 Å². The minimum Gasteiger partial charge on any atom is -0.477 e. The van der Waals surface area contributed by atoms with Crippen molar-refractivity contribution in [3.05, 3.63) is 67.6 Å². The molecule has 156 valence electrons. The first-order chi connectivity index (χ1) is 14.3. The fourth-order valence-electron chi connectivity index (χ4n) is 2.71. The van der Waals surface area contributed by atoms with Gasteiger partial charge in [0, 0.05) is 4.47 Å². The molecule has 1 aromatic heterocycles. The van der Waals surface area contributed by atoms with Crippen molar-refractivity contribution in [2.75, 3.05) is 6.61 Å². The Bertz CT molecular complexity index is 1190. The molecule has 7 nitrogen and oxygen atoms in total. The minimum absolute atomic E-state index is 0.273. The molecule has 3 aromatic rings. The number of rotatable bonds is 6. The summed E-state index contributed by atoms with van der Waals surface area (Å²) >= 11 is 9.63. The second-order valence-electron chi connectivity index (χ2n) is 6.38. The van der Waals surface area contributed by atoms with Crippen LogP contribution in [0.25, 0.3) is 10.9 Å². The van der Waals surface area contributed by atoms with E-state index in [1.165, 1.54) is 10.9 Å². The molecule has 0 fully saturated rings. The van der Waals surface area contributed by atoms with Crippen molar-refractivity contribution in [2.45, 2.75) is 26.9 Å². The van der Waals surface area contributed by atoms with Crippen LogP contribution >= 0.6 is 27.5 Å². The Balaban J connectivity index is 1.86. The molecule has 0 aliphatic heterocycles. The second-order valence-corrected chi connectivity index (χ2v) is 7.71. The number of esters is 1. The lowest BCUT2D eigenvalue weighted by Gasteiger charge is -2.14. The molecule has 0 aliphatic carbocycles. The van der Waals surface area contributed by atoms with Gasteiger partial charge < -0.3 is 9.47 Å². The highest BCUT2D eigenvalue weighted by molar-refractivity contribution is 9.10. The summed E-state index contributed by atoms with van der Waals surface area (Å²) in [6.07, 6.45) is 0.718. The zero-order valence-corrected chi connectivity index (χ0v) is 18.9. The van der Waals surface area contributed by atoms with Gasteiger partial charge in [-0.25, -0.2) is 9.78 Å². The normalized spacial score (nSPS) is 12.3. The molecule has 0 radical (unpaired) electrons. The van der Waals surface area contributed by atoms with Crippen LogP contribution in [0.15, 0.2) is 50.8 Å². The van der Waals surface area contributed by atoms with Crippen molar-refractivity contribution in [2.24, 2.45) is 5.10 Å². The standard InChI is InChI=1S/C21H19BrClN3O4/c1-4-29-21(28)12(2)30-19-8-5-14(9-17(19)23)11-24-26-13(3)25-18-7-6-15(22)10-16(18)20(26)27/h5-12H,4H2,1-3H3/t12-/m1/s1. The quantitative estimate of drug-likeness (QED) is 0.378. The number of aromatic nitrogens is 2. The van der Waals surface area contributed by atoms with Gasteiger partial charge in [-0.3, -0.25) is 4.79 Å². The highest BCUT2D eigenvalue weighted by Gasteiger charge is 2.17. The smallest absolute Gasteiger partial charge is 0.347 e. The Hall–Kier alpha value is -2.71. The third-order valence-corrected chi connectivity index (χ3v) is 4.96. The van der Waals surface area contributed by atoms with E-state index in [0.29, 0.717) is 33.1 Å². The molecule has 0 spiro atoms. The van der Waals surface area contributed by atoms with E-state index in [-0.39, 0.29) is 12.2 Å². The number of carbonyl (C=O) groups is 1. The number of hydrogen-bond donors (Lipinski definition) is 0. The highest BCUT2D eigenvalue weighted by Crippen LogP contribution is 2.26. The second kappa shape index (κ2) is 9.40. The highest BCUT2D eigenvalue weighted by atomic mass is 79.9. The van der Waals surface area contributed by atoms with E-state index >= 15 is 0 Å². The summed E-state index contributed by atoms with van der Waals surface area (Å²) in [5.41, 5.74) is 0.980. The van der Waals surface area contributed by atoms with Gasteiger partial charge in [-0.2, -0.15) is 9.78 Å². The number of benzene rings is 2. The molecule has 2 aromatic carbocycles. The van der Waals surface area contributed by atoms with Gasteiger partial charge in [0.1, 0.15) is 11.6 Å². The fraction of sp³-hybridized carbons (Fsp3) is 0.238. The predicted octanol–water partition coefficient (Wildman–Crippen LogP) is 4.33. The topological polar surface area (TPSA) is 82.8 Å². The van der Waals surface area contributed by atoms with Crippen molar-refractivity contribution in [3.8, 4) is 5.75 Å². The summed E-state index contributed by atoms with van der Waals surface area (Å²) in [6.45, 7) is 5.29. The molecule has 0 saturated heterocycles. The first-order valence-electron chi connectivity index (χ1n) is 9.16. The van der Waals surface area contributed by atoms with Crippen LogP contribution in [0.5, 0.6) is 5.75 Å². The van der Waals surface area contributed by atoms with Crippen molar-refractivity contribution in [3.63, 3.8) is 0 Å². The molecule has 0 aliphatic rings. The molecule has 0 N–H and O–H groups in total. The zero-order chi connectivity index (χ0) is 21.8. The van der Waals surface area contributed by atoms with Crippen LogP contribution < -0.4 is 10.3 Å². The number of aryl methyl sites for hydroxylation is 1. The van der Waals surface area contributed by atoms with Crippen molar-refractivity contribution >= 4 is 50.6 Å². The Morgan fingerprint density at radius 2 is 2.10 bits per heavy atom. The molecule has 30 heavy (non-hydrogen) atoms. The van der Waals surface area contributed by atoms with Crippen LogP contribution in [0, 0.1) is 6.92 Å². The van der Waals surface area contributed by atoms with Crippen LogP contribution in [-0.4, -0.2) is 34.6 Å².